The van der Waals surface area contributed by atoms with Crippen LogP contribution in [-0.2, 0) is 10.2 Å². The Labute approximate surface area is 159 Å². The second-order valence-corrected chi connectivity index (χ2v) is 7.72. The van der Waals surface area contributed by atoms with Gasteiger partial charge in [-0.25, -0.2) is 4.79 Å². The fourth-order valence-corrected chi connectivity index (χ4v) is 2.52. The number of nitro groups is 1. The van der Waals surface area contributed by atoms with Crippen molar-refractivity contribution in [1.82, 2.24) is 0 Å². The fraction of sp³-hybridized carbons (Fsp3) is 0.381. The number of esters is 1. The van der Waals surface area contributed by atoms with Gasteiger partial charge in [-0.1, -0.05) is 32.9 Å². The number of aryl methyl sites for hydroxylation is 1. The maximum absolute atomic E-state index is 12.3. The highest BCUT2D eigenvalue weighted by Gasteiger charge is 2.25. The predicted octanol–water partition coefficient (Wildman–Crippen LogP) is 5.56. The van der Waals surface area contributed by atoms with E-state index in [2.05, 4.69) is 20.8 Å². The molecule has 0 atom stereocenters. The Hall–Kier alpha value is -2.89. The minimum atomic E-state index is -0.746. The maximum atomic E-state index is 12.3. The third kappa shape index (κ3) is 5.06. The van der Waals surface area contributed by atoms with E-state index in [9.17, 15) is 14.9 Å². The molecule has 6 nitrogen and oxygen atoms in total. The van der Waals surface area contributed by atoms with E-state index in [-0.39, 0.29) is 22.8 Å². The van der Waals surface area contributed by atoms with Crippen LogP contribution in [0.5, 0.6) is 11.5 Å². The van der Waals surface area contributed by atoms with Gasteiger partial charge in [0.15, 0.2) is 0 Å². The number of hydrogen-bond acceptors (Lipinski definition) is 5. The van der Waals surface area contributed by atoms with Gasteiger partial charge in [0.1, 0.15) is 17.1 Å². The van der Waals surface area contributed by atoms with Crippen LogP contribution < -0.4 is 4.74 Å². The SMILES string of the molecule is Cc1cc([N+](=O)[O-])c(C(=O)OC(C)C)cc1Oc1ccc(C(C)(C)C)cc1. The molecule has 2 aromatic rings. The van der Waals surface area contributed by atoms with Crippen molar-refractivity contribution in [2.24, 2.45) is 0 Å². The first-order chi connectivity index (χ1) is 12.5. The van der Waals surface area contributed by atoms with E-state index in [1.807, 2.05) is 24.3 Å². The lowest BCUT2D eigenvalue weighted by Gasteiger charge is -2.19. The van der Waals surface area contributed by atoms with Crippen LogP contribution in [-0.4, -0.2) is 17.0 Å². The van der Waals surface area contributed by atoms with Crippen molar-refractivity contribution in [3.8, 4) is 11.5 Å². The number of carbonyl (C=O) groups excluding carboxylic acids is 1. The van der Waals surface area contributed by atoms with Gasteiger partial charge in [-0.15, -0.1) is 0 Å². The molecule has 0 bridgehead atoms. The van der Waals surface area contributed by atoms with Crippen molar-refractivity contribution >= 4 is 11.7 Å². The minimum absolute atomic E-state index is 0.0234. The lowest BCUT2D eigenvalue weighted by atomic mass is 9.87. The van der Waals surface area contributed by atoms with Gasteiger partial charge in [0, 0.05) is 12.1 Å². The second kappa shape index (κ2) is 7.78. The number of nitro benzene ring substituents is 1. The summed E-state index contributed by atoms with van der Waals surface area (Å²) < 4.78 is 11.0. The monoisotopic (exact) mass is 371 g/mol. The largest absolute Gasteiger partial charge is 0.459 e. The molecule has 0 heterocycles. The van der Waals surface area contributed by atoms with Gasteiger partial charge in [-0.2, -0.15) is 0 Å². The standard InChI is InChI=1S/C21H25NO5/c1-13(2)26-20(23)17-12-19(14(3)11-18(17)22(24)25)27-16-9-7-15(8-10-16)21(4,5)6/h7-13H,1-6H3. The second-order valence-electron chi connectivity index (χ2n) is 7.72. The quantitative estimate of drug-likeness (QED) is 0.391. The average Bonchev–Trinajstić information content (AvgIpc) is 2.55. The van der Waals surface area contributed by atoms with E-state index in [0.29, 0.717) is 17.1 Å². The Morgan fingerprint density at radius 3 is 2.19 bits per heavy atom. The van der Waals surface area contributed by atoms with E-state index < -0.39 is 10.9 Å². The maximum Gasteiger partial charge on any atom is 0.345 e. The molecule has 144 valence electrons. The molecule has 0 N–H and O–H groups in total. The molecule has 0 amide bonds. The Bertz CT molecular complexity index is 848. The highest BCUT2D eigenvalue weighted by atomic mass is 16.6. The van der Waals surface area contributed by atoms with Crippen LogP contribution in [0.3, 0.4) is 0 Å². The number of hydrogen-bond donors (Lipinski definition) is 0. The smallest absolute Gasteiger partial charge is 0.345 e. The van der Waals surface area contributed by atoms with Crippen LogP contribution in [0.25, 0.3) is 0 Å². The number of carbonyl (C=O) groups is 1. The molecule has 0 unspecified atom stereocenters. The lowest BCUT2D eigenvalue weighted by molar-refractivity contribution is -0.385. The van der Waals surface area contributed by atoms with Gasteiger partial charge in [-0.05, 0) is 49.4 Å². The van der Waals surface area contributed by atoms with Crippen LogP contribution in [0.4, 0.5) is 5.69 Å². The molecule has 0 saturated carbocycles. The molecule has 0 radical (unpaired) electrons. The Balaban J connectivity index is 2.39. The van der Waals surface area contributed by atoms with Crippen molar-refractivity contribution in [2.75, 3.05) is 0 Å². The highest BCUT2D eigenvalue weighted by Crippen LogP contribution is 2.33. The minimum Gasteiger partial charge on any atom is -0.459 e. The third-order valence-corrected chi connectivity index (χ3v) is 4.00. The number of nitrogens with zero attached hydrogens (tertiary/aromatic N) is 1. The fourth-order valence-electron chi connectivity index (χ4n) is 2.52. The van der Waals surface area contributed by atoms with Gasteiger partial charge in [0.2, 0.25) is 0 Å². The molecule has 0 saturated heterocycles. The van der Waals surface area contributed by atoms with E-state index in [4.69, 9.17) is 9.47 Å². The molecular weight excluding hydrogens is 346 g/mol. The summed E-state index contributed by atoms with van der Waals surface area (Å²) in [6.07, 6.45) is -0.382. The first kappa shape index (κ1) is 20.4. The van der Waals surface area contributed by atoms with Crippen LogP contribution in [0.2, 0.25) is 0 Å². The molecule has 0 aliphatic heterocycles. The third-order valence-electron chi connectivity index (χ3n) is 4.00. The molecule has 27 heavy (non-hydrogen) atoms. The van der Waals surface area contributed by atoms with Crippen LogP contribution in [0.1, 0.15) is 56.1 Å². The summed E-state index contributed by atoms with van der Waals surface area (Å²) >= 11 is 0. The summed E-state index contributed by atoms with van der Waals surface area (Å²) in [5.74, 6) is 0.215. The zero-order valence-corrected chi connectivity index (χ0v) is 16.5. The number of benzene rings is 2. The Morgan fingerprint density at radius 2 is 1.70 bits per heavy atom. The predicted molar refractivity (Wildman–Crippen MR) is 104 cm³/mol. The normalized spacial score (nSPS) is 11.4. The summed E-state index contributed by atoms with van der Waals surface area (Å²) in [7, 11) is 0. The van der Waals surface area contributed by atoms with Crippen LogP contribution in [0.15, 0.2) is 36.4 Å². The van der Waals surface area contributed by atoms with Crippen molar-refractivity contribution in [3.05, 3.63) is 63.2 Å². The topological polar surface area (TPSA) is 78.7 Å². The van der Waals surface area contributed by atoms with Gasteiger partial charge in [0.05, 0.1) is 11.0 Å². The van der Waals surface area contributed by atoms with E-state index in [0.717, 1.165) is 5.56 Å². The van der Waals surface area contributed by atoms with E-state index in [1.165, 1.54) is 12.1 Å². The lowest BCUT2D eigenvalue weighted by Crippen LogP contribution is -2.13. The molecule has 0 spiro atoms. The van der Waals surface area contributed by atoms with Gasteiger partial charge in [0.25, 0.3) is 5.69 Å². The zero-order valence-electron chi connectivity index (χ0n) is 16.5. The molecule has 0 aromatic heterocycles. The van der Waals surface area contributed by atoms with Crippen LogP contribution in [0, 0.1) is 17.0 Å². The van der Waals surface area contributed by atoms with Crippen LogP contribution >= 0.6 is 0 Å². The number of rotatable bonds is 5. The summed E-state index contributed by atoms with van der Waals surface area (Å²) in [6, 6.07) is 10.3. The Kier molecular flexibility index (Phi) is 5.88. The molecule has 6 heteroatoms. The van der Waals surface area contributed by atoms with Crippen molar-refractivity contribution in [3.63, 3.8) is 0 Å². The summed E-state index contributed by atoms with van der Waals surface area (Å²) in [5.41, 5.74) is 1.32. The molecule has 0 fully saturated rings. The van der Waals surface area contributed by atoms with Gasteiger partial charge < -0.3 is 9.47 Å². The van der Waals surface area contributed by atoms with Crippen molar-refractivity contribution in [2.45, 2.75) is 53.1 Å². The first-order valence-corrected chi connectivity index (χ1v) is 8.77. The first-order valence-electron chi connectivity index (χ1n) is 8.77. The average molecular weight is 371 g/mol. The van der Waals surface area contributed by atoms with Gasteiger partial charge in [-0.3, -0.25) is 10.1 Å². The summed E-state index contributed by atoms with van der Waals surface area (Å²) in [6.45, 7) is 11.4. The molecule has 0 aliphatic carbocycles. The van der Waals surface area contributed by atoms with E-state index >= 15 is 0 Å². The molecule has 2 aromatic carbocycles. The van der Waals surface area contributed by atoms with Crippen molar-refractivity contribution in [1.29, 1.82) is 0 Å². The number of ether oxygens (including phenoxy) is 2. The molecular formula is C21H25NO5. The van der Waals surface area contributed by atoms with E-state index in [1.54, 1.807) is 20.8 Å². The zero-order chi connectivity index (χ0) is 20.4. The Morgan fingerprint density at radius 1 is 1.11 bits per heavy atom. The summed E-state index contributed by atoms with van der Waals surface area (Å²) in [5, 5.41) is 11.3. The molecule has 2 rings (SSSR count). The molecule has 0 aliphatic rings. The highest BCUT2D eigenvalue weighted by molar-refractivity contribution is 5.94. The summed E-state index contributed by atoms with van der Waals surface area (Å²) in [4.78, 5) is 23.0. The van der Waals surface area contributed by atoms with Crippen molar-refractivity contribution < 1.29 is 19.2 Å². The van der Waals surface area contributed by atoms with Gasteiger partial charge >= 0.3 is 5.97 Å².